The number of rotatable bonds is 2. The molecule has 26 heavy (non-hydrogen) atoms. The molecule has 3 aromatic rings. The molecule has 1 aromatic heterocycles. The zero-order valence-corrected chi connectivity index (χ0v) is 15.8. The number of benzene rings is 2. The van der Waals surface area contributed by atoms with Gasteiger partial charge in [0.05, 0.1) is 10.2 Å². The molecule has 1 atom stereocenters. The van der Waals surface area contributed by atoms with Gasteiger partial charge in [-0.15, -0.1) is 0 Å². The number of amides is 1. The van der Waals surface area contributed by atoms with E-state index in [2.05, 4.69) is 42.5 Å². The molecular formula is C20H20N2O3S. The number of ether oxygens (including phenoxy) is 2. The third-order valence-corrected chi connectivity index (χ3v) is 5.65. The number of nitrogens with zero attached hydrogens (tertiary/aromatic N) is 2. The fourth-order valence-corrected chi connectivity index (χ4v) is 4.20. The zero-order chi connectivity index (χ0) is 18.3. The van der Waals surface area contributed by atoms with Crippen molar-refractivity contribution in [2.75, 3.05) is 6.61 Å². The highest BCUT2D eigenvalue weighted by molar-refractivity contribution is 7.16. The molecule has 1 aliphatic rings. The summed E-state index contributed by atoms with van der Waals surface area (Å²) in [6.07, 6.45) is -0.719. The fourth-order valence-electron chi connectivity index (χ4n) is 3.02. The molecule has 1 amide bonds. The second-order valence-corrected chi connectivity index (χ2v) is 7.36. The topological polar surface area (TPSA) is 52.8 Å². The number of hydrogen-bond donors (Lipinski definition) is 0. The summed E-state index contributed by atoms with van der Waals surface area (Å²) < 4.78 is 14.6. The molecule has 5 nitrogen and oxygen atoms in total. The Morgan fingerprint density at radius 2 is 1.96 bits per heavy atom. The van der Waals surface area contributed by atoms with Crippen LogP contribution in [-0.2, 0) is 11.3 Å². The normalized spacial score (nSPS) is 16.9. The molecule has 0 N–H and O–H groups in total. The molecule has 6 heteroatoms. The molecule has 0 spiro atoms. The predicted octanol–water partition coefficient (Wildman–Crippen LogP) is 3.61. The van der Waals surface area contributed by atoms with Gasteiger partial charge in [0.1, 0.15) is 6.61 Å². The highest BCUT2D eigenvalue weighted by atomic mass is 32.1. The van der Waals surface area contributed by atoms with Crippen molar-refractivity contribution in [2.24, 2.45) is 4.99 Å². The number of carbonyl (C=O) groups excluding carboxylic acids is 1. The largest absolute Gasteiger partial charge is 0.485 e. The Labute approximate surface area is 155 Å². The van der Waals surface area contributed by atoms with E-state index < -0.39 is 6.10 Å². The van der Waals surface area contributed by atoms with E-state index in [4.69, 9.17) is 9.47 Å². The Kier molecular flexibility index (Phi) is 4.28. The number of hydrogen-bond acceptors (Lipinski definition) is 4. The van der Waals surface area contributed by atoms with Gasteiger partial charge in [-0.05, 0) is 56.2 Å². The van der Waals surface area contributed by atoms with Crippen molar-refractivity contribution < 1.29 is 14.3 Å². The summed E-state index contributed by atoms with van der Waals surface area (Å²) in [5.74, 6) is 0.924. The molecule has 0 radical (unpaired) electrons. The van der Waals surface area contributed by atoms with Crippen molar-refractivity contribution >= 4 is 27.5 Å². The van der Waals surface area contributed by atoms with E-state index in [1.165, 1.54) is 22.5 Å². The van der Waals surface area contributed by atoms with Gasteiger partial charge in [-0.3, -0.25) is 4.79 Å². The lowest BCUT2D eigenvalue weighted by Crippen LogP contribution is -2.36. The average Bonchev–Trinajstić information content (AvgIpc) is 2.97. The summed E-state index contributed by atoms with van der Waals surface area (Å²) >= 11 is 1.53. The third kappa shape index (κ3) is 2.90. The lowest BCUT2D eigenvalue weighted by atomic mass is 10.1. The van der Waals surface area contributed by atoms with Crippen LogP contribution in [0.5, 0.6) is 11.5 Å². The van der Waals surface area contributed by atoms with E-state index in [1.54, 1.807) is 6.07 Å². The first-order valence-electron chi connectivity index (χ1n) is 8.64. The smallest absolute Gasteiger partial charge is 0.292 e. The van der Waals surface area contributed by atoms with Gasteiger partial charge in [-0.2, -0.15) is 4.99 Å². The quantitative estimate of drug-likeness (QED) is 0.694. The number of aryl methyl sites for hydroxylation is 3. The van der Waals surface area contributed by atoms with Crippen LogP contribution in [-0.4, -0.2) is 23.2 Å². The monoisotopic (exact) mass is 368 g/mol. The minimum atomic E-state index is -0.719. The van der Waals surface area contributed by atoms with Crippen molar-refractivity contribution in [3.8, 4) is 11.5 Å². The van der Waals surface area contributed by atoms with Crippen molar-refractivity contribution in [1.29, 1.82) is 0 Å². The number of fused-ring (bicyclic) bond motifs is 2. The van der Waals surface area contributed by atoms with Crippen LogP contribution in [0.15, 0.2) is 41.4 Å². The first-order valence-corrected chi connectivity index (χ1v) is 9.46. The van der Waals surface area contributed by atoms with Crippen LogP contribution in [0.1, 0.15) is 18.1 Å². The standard InChI is InChI=1S/C20H20N2O3S/c1-4-22-14-9-12(2)13(3)10-18(14)26-20(22)21-19(23)17-11-24-15-7-5-6-8-16(15)25-17/h5-10,17H,4,11H2,1-3H3. The maximum absolute atomic E-state index is 12.7. The van der Waals surface area contributed by atoms with Gasteiger partial charge in [0.2, 0.25) is 6.10 Å². The number of thiazole rings is 1. The van der Waals surface area contributed by atoms with Gasteiger partial charge in [-0.25, -0.2) is 0 Å². The molecule has 0 saturated carbocycles. The van der Waals surface area contributed by atoms with Crippen LogP contribution in [0.3, 0.4) is 0 Å². The van der Waals surface area contributed by atoms with Gasteiger partial charge in [0, 0.05) is 6.54 Å². The summed E-state index contributed by atoms with van der Waals surface area (Å²) in [4.78, 5) is 17.7. The van der Waals surface area contributed by atoms with Gasteiger partial charge in [-0.1, -0.05) is 23.5 Å². The van der Waals surface area contributed by atoms with Crippen LogP contribution in [0.4, 0.5) is 0 Å². The van der Waals surface area contributed by atoms with Crippen molar-refractivity contribution in [1.82, 2.24) is 4.57 Å². The highest BCUT2D eigenvalue weighted by Crippen LogP contribution is 2.31. The van der Waals surface area contributed by atoms with E-state index in [1.807, 2.05) is 18.2 Å². The summed E-state index contributed by atoms with van der Waals surface area (Å²) in [6.45, 7) is 7.17. The minimum absolute atomic E-state index is 0.175. The molecule has 0 fully saturated rings. The Bertz CT molecular complexity index is 1060. The lowest BCUT2D eigenvalue weighted by Gasteiger charge is -2.23. The molecule has 0 saturated heterocycles. The van der Waals surface area contributed by atoms with Crippen LogP contribution in [0, 0.1) is 13.8 Å². The van der Waals surface area contributed by atoms with E-state index in [0.717, 1.165) is 16.8 Å². The Hall–Kier alpha value is -2.60. The van der Waals surface area contributed by atoms with Crippen molar-refractivity contribution in [3.63, 3.8) is 0 Å². The Morgan fingerprint density at radius 3 is 2.73 bits per heavy atom. The molecule has 0 bridgehead atoms. The molecule has 0 aliphatic carbocycles. The number of para-hydroxylation sites is 2. The number of carbonyl (C=O) groups is 1. The SMILES string of the molecule is CCn1c(=NC(=O)C2COc3ccccc3O2)sc2cc(C)c(C)cc21. The van der Waals surface area contributed by atoms with Crippen LogP contribution < -0.4 is 14.3 Å². The van der Waals surface area contributed by atoms with Crippen LogP contribution in [0.2, 0.25) is 0 Å². The second kappa shape index (κ2) is 6.61. The highest BCUT2D eigenvalue weighted by Gasteiger charge is 2.27. The minimum Gasteiger partial charge on any atom is -0.485 e. The van der Waals surface area contributed by atoms with E-state index >= 15 is 0 Å². The summed E-state index contributed by atoms with van der Waals surface area (Å²) in [5, 5.41) is 0. The van der Waals surface area contributed by atoms with Gasteiger partial charge in [0.25, 0.3) is 5.91 Å². The van der Waals surface area contributed by atoms with Crippen molar-refractivity contribution in [3.05, 3.63) is 52.3 Å². The Balaban J connectivity index is 1.71. The van der Waals surface area contributed by atoms with Crippen LogP contribution in [0.25, 0.3) is 10.2 Å². The average molecular weight is 368 g/mol. The van der Waals surface area contributed by atoms with E-state index in [-0.39, 0.29) is 12.5 Å². The molecule has 2 heterocycles. The summed E-state index contributed by atoms with van der Waals surface area (Å²) in [5.41, 5.74) is 3.58. The Morgan fingerprint density at radius 1 is 1.23 bits per heavy atom. The fraction of sp³-hybridized carbons (Fsp3) is 0.300. The molecule has 4 rings (SSSR count). The van der Waals surface area contributed by atoms with Crippen LogP contribution >= 0.6 is 11.3 Å². The second-order valence-electron chi connectivity index (χ2n) is 6.35. The first-order chi connectivity index (χ1) is 12.6. The van der Waals surface area contributed by atoms with Crippen molar-refractivity contribution in [2.45, 2.75) is 33.4 Å². The molecule has 2 aromatic carbocycles. The lowest BCUT2D eigenvalue weighted by molar-refractivity contribution is -0.127. The molecule has 134 valence electrons. The predicted molar refractivity (Wildman–Crippen MR) is 102 cm³/mol. The molecule has 1 aliphatic heterocycles. The first kappa shape index (κ1) is 16.8. The van der Waals surface area contributed by atoms with Gasteiger partial charge in [0.15, 0.2) is 16.3 Å². The van der Waals surface area contributed by atoms with Gasteiger partial charge >= 0.3 is 0 Å². The van der Waals surface area contributed by atoms with E-state index in [0.29, 0.717) is 16.3 Å². The zero-order valence-electron chi connectivity index (χ0n) is 15.0. The van der Waals surface area contributed by atoms with E-state index in [9.17, 15) is 4.79 Å². The molecule has 1 unspecified atom stereocenters. The number of aromatic nitrogens is 1. The van der Waals surface area contributed by atoms with Gasteiger partial charge < -0.3 is 14.0 Å². The maximum atomic E-state index is 12.7. The summed E-state index contributed by atoms with van der Waals surface area (Å²) in [7, 11) is 0. The molecular weight excluding hydrogens is 348 g/mol. The third-order valence-electron chi connectivity index (χ3n) is 4.60. The maximum Gasteiger partial charge on any atom is 0.292 e. The summed E-state index contributed by atoms with van der Waals surface area (Å²) in [6, 6.07) is 11.7.